The number of hydrogen-bond acceptors (Lipinski definition) is 5. The largest absolute Gasteiger partial charge is 0.492 e. The molecule has 2 atom stereocenters. The van der Waals surface area contributed by atoms with Crippen LogP contribution in [0.2, 0.25) is 0 Å². The number of fused-ring (bicyclic) bond motifs is 1. The second-order valence-electron chi connectivity index (χ2n) is 6.94. The van der Waals surface area contributed by atoms with Gasteiger partial charge in [0.15, 0.2) is 0 Å². The lowest BCUT2D eigenvalue weighted by atomic mass is 10.0. The minimum absolute atomic E-state index is 0.0298. The van der Waals surface area contributed by atoms with Crippen molar-refractivity contribution < 1.29 is 17.3 Å². The zero-order valence-electron chi connectivity index (χ0n) is 15.9. The molecule has 1 heterocycles. The van der Waals surface area contributed by atoms with E-state index in [2.05, 4.69) is 12.2 Å². The first-order chi connectivity index (χ1) is 13.0. The van der Waals surface area contributed by atoms with Crippen LogP contribution in [0.5, 0.6) is 5.75 Å². The molecule has 1 N–H and O–H groups in total. The zero-order chi connectivity index (χ0) is 19.3. The third kappa shape index (κ3) is 5.09. The summed E-state index contributed by atoms with van der Waals surface area (Å²) < 4.78 is 37.3. The summed E-state index contributed by atoms with van der Waals surface area (Å²) in [5, 5.41) is 3.46. The highest BCUT2D eigenvalue weighted by molar-refractivity contribution is 7.86. The Kier molecular flexibility index (Phi) is 6.52. The number of nitrogens with one attached hydrogen (secondary N) is 1. The average molecular weight is 390 g/mol. The van der Waals surface area contributed by atoms with E-state index in [1.807, 2.05) is 31.2 Å². The topological polar surface area (TPSA) is 64.6 Å². The van der Waals surface area contributed by atoms with Gasteiger partial charge >= 0.3 is 0 Å². The highest BCUT2D eigenvalue weighted by Crippen LogP contribution is 2.36. The van der Waals surface area contributed by atoms with Gasteiger partial charge in [0.2, 0.25) is 0 Å². The molecular weight excluding hydrogens is 362 g/mol. The van der Waals surface area contributed by atoms with Gasteiger partial charge in [0, 0.05) is 11.6 Å². The fourth-order valence-electron chi connectivity index (χ4n) is 3.15. The van der Waals surface area contributed by atoms with Gasteiger partial charge in [-0.3, -0.25) is 4.18 Å². The summed E-state index contributed by atoms with van der Waals surface area (Å²) in [6, 6.07) is 14.2. The molecule has 0 saturated heterocycles. The summed E-state index contributed by atoms with van der Waals surface area (Å²) in [6.45, 7) is 5.42. The first-order valence-corrected chi connectivity index (χ1v) is 10.9. The molecule has 3 rings (SSSR count). The maximum Gasteiger partial charge on any atom is 0.297 e. The van der Waals surface area contributed by atoms with Crippen molar-refractivity contribution in [1.29, 1.82) is 0 Å². The third-order valence-corrected chi connectivity index (χ3v) is 6.06. The molecule has 0 spiro atoms. The minimum Gasteiger partial charge on any atom is -0.492 e. The smallest absolute Gasteiger partial charge is 0.297 e. The SMILES string of the molecule is CCCCN[C@@H]1COc2ccccc2[C@@H](OS(=O)(=O)c2ccc(C)cc2)C1. The number of para-hydroxylation sites is 1. The second kappa shape index (κ2) is 8.87. The van der Waals surface area contributed by atoms with Gasteiger partial charge in [-0.2, -0.15) is 8.42 Å². The zero-order valence-corrected chi connectivity index (χ0v) is 16.7. The molecule has 0 radical (unpaired) electrons. The summed E-state index contributed by atoms with van der Waals surface area (Å²) in [4.78, 5) is 0.172. The van der Waals surface area contributed by atoms with Gasteiger partial charge in [-0.25, -0.2) is 0 Å². The highest BCUT2D eigenvalue weighted by Gasteiger charge is 2.30. The van der Waals surface area contributed by atoms with Gasteiger partial charge in [-0.05, 0) is 44.5 Å². The van der Waals surface area contributed by atoms with Crippen LogP contribution in [0.25, 0.3) is 0 Å². The molecule has 2 aromatic carbocycles. The lowest BCUT2D eigenvalue weighted by molar-refractivity contribution is 0.181. The van der Waals surface area contributed by atoms with Crippen molar-refractivity contribution >= 4 is 10.1 Å². The van der Waals surface area contributed by atoms with Crippen LogP contribution in [0, 0.1) is 6.92 Å². The number of aryl methyl sites for hydroxylation is 1. The van der Waals surface area contributed by atoms with Crippen molar-refractivity contribution in [2.45, 2.75) is 50.2 Å². The van der Waals surface area contributed by atoms with Crippen LogP contribution in [0.4, 0.5) is 0 Å². The van der Waals surface area contributed by atoms with Gasteiger partial charge in [0.05, 0.1) is 4.90 Å². The second-order valence-corrected chi connectivity index (χ2v) is 8.51. The Morgan fingerprint density at radius 3 is 2.63 bits per heavy atom. The number of hydrogen-bond donors (Lipinski definition) is 1. The Morgan fingerprint density at radius 1 is 1.15 bits per heavy atom. The third-order valence-electron chi connectivity index (χ3n) is 4.72. The van der Waals surface area contributed by atoms with Crippen molar-refractivity contribution in [3.05, 3.63) is 59.7 Å². The van der Waals surface area contributed by atoms with Crippen LogP contribution in [-0.2, 0) is 14.3 Å². The molecule has 6 heteroatoms. The molecule has 27 heavy (non-hydrogen) atoms. The average Bonchev–Trinajstić information content (AvgIpc) is 2.82. The highest BCUT2D eigenvalue weighted by atomic mass is 32.2. The van der Waals surface area contributed by atoms with Gasteiger partial charge in [0.25, 0.3) is 10.1 Å². The molecule has 0 saturated carbocycles. The predicted octanol–water partition coefficient (Wildman–Crippen LogP) is 3.98. The summed E-state index contributed by atoms with van der Waals surface area (Å²) >= 11 is 0. The molecule has 146 valence electrons. The molecule has 2 aromatic rings. The van der Waals surface area contributed by atoms with E-state index in [4.69, 9.17) is 8.92 Å². The normalized spacial score (nSPS) is 19.8. The van der Waals surface area contributed by atoms with Crippen molar-refractivity contribution in [3.63, 3.8) is 0 Å². The van der Waals surface area contributed by atoms with E-state index in [1.165, 1.54) is 0 Å². The minimum atomic E-state index is -3.87. The van der Waals surface area contributed by atoms with E-state index >= 15 is 0 Å². The van der Waals surface area contributed by atoms with Crippen LogP contribution >= 0.6 is 0 Å². The van der Waals surface area contributed by atoms with Crippen LogP contribution in [-0.4, -0.2) is 27.6 Å². The molecule has 1 aliphatic heterocycles. The summed E-state index contributed by atoms with van der Waals surface area (Å²) in [7, 11) is -3.87. The van der Waals surface area contributed by atoms with Crippen molar-refractivity contribution in [1.82, 2.24) is 5.32 Å². The van der Waals surface area contributed by atoms with Crippen LogP contribution in [0.3, 0.4) is 0 Å². The Labute approximate surface area is 161 Å². The Balaban J connectivity index is 1.84. The summed E-state index contributed by atoms with van der Waals surface area (Å²) in [5.74, 6) is 0.682. The van der Waals surface area contributed by atoms with Crippen LogP contribution in [0.1, 0.15) is 43.4 Å². The summed E-state index contributed by atoms with van der Waals surface area (Å²) in [6.07, 6.45) is 2.11. The molecule has 0 aliphatic carbocycles. The number of ether oxygens (including phenoxy) is 1. The first-order valence-electron chi connectivity index (χ1n) is 9.44. The Hall–Kier alpha value is -1.89. The van der Waals surface area contributed by atoms with E-state index in [0.29, 0.717) is 18.8 Å². The first kappa shape index (κ1) is 19.9. The number of benzene rings is 2. The van der Waals surface area contributed by atoms with Gasteiger partial charge in [-0.15, -0.1) is 0 Å². The number of rotatable bonds is 7. The molecular formula is C21H27NO4S. The Morgan fingerprint density at radius 2 is 1.89 bits per heavy atom. The van der Waals surface area contributed by atoms with Gasteiger partial charge in [0.1, 0.15) is 18.5 Å². The van der Waals surface area contributed by atoms with Crippen LogP contribution < -0.4 is 10.1 Å². The lowest BCUT2D eigenvalue weighted by Crippen LogP contribution is -2.36. The van der Waals surface area contributed by atoms with E-state index in [1.54, 1.807) is 24.3 Å². The van der Waals surface area contributed by atoms with Crippen molar-refractivity contribution in [2.24, 2.45) is 0 Å². The fraction of sp³-hybridized carbons (Fsp3) is 0.429. The molecule has 0 amide bonds. The maximum atomic E-state index is 12.8. The van der Waals surface area contributed by atoms with Gasteiger partial charge < -0.3 is 10.1 Å². The van der Waals surface area contributed by atoms with Crippen LogP contribution in [0.15, 0.2) is 53.4 Å². The molecule has 0 bridgehead atoms. The molecule has 0 fully saturated rings. The monoisotopic (exact) mass is 389 g/mol. The molecule has 5 nitrogen and oxygen atoms in total. The maximum absolute atomic E-state index is 12.8. The number of unbranched alkanes of at least 4 members (excludes halogenated alkanes) is 1. The van der Waals surface area contributed by atoms with E-state index in [-0.39, 0.29) is 10.9 Å². The lowest BCUT2D eigenvalue weighted by Gasteiger charge is -2.21. The molecule has 0 unspecified atom stereocenters. The van der Waals surface area contributed by atoms with Crippen molar-refractivity contribution in [2.75, 3.05) is 13.2 Å². The van der Waals surface area contributed by atoms with E-state index in [0.717, 1.165) is 30.5 Å². The standard InChI is InChI=1S/C21H27NO4S/c1-3-4-13-22-17-14-21(19-7-5-6-8-20(19)25-15-17)26-27(23,24)18-11-9-16(2)10-12-18/h5-12,17,21-22H,3-4,13-15H2,1-2H3/t17-,21-/m0/s1. The molecule has 1 aliphatic rings. The Bertz CT molecular complexity index is 849. The molecule has 0 aromatic heterocycles. The quantitative estimate of drug-likeness (QED) is 0.573. The van der Waals surface area contributed by atoms with Gasteiger partial charge in [-0.1, -0.05) is 49.2 Å². The van der Waals surface area contributed by atoms with E-state index < -0.39 is 16.2 Å². The van der Waals surface area contributed by atoms with Crippen molar-refractivity contribution in [3.8, 4) is 5.75 Å². The van der Waals surface area contributed by atoms with E-state index in [9.17, 15) is 8.42 Å². The summed E-state index contributed by atoms with van der Waals surface area (Å²) in [5.41, 5.74) is 1.77. The predicted molar refractivity (Wildman–Crippen MR) is 105 cm³/mol. The fourth-order valence-corrected chi connectivity index (χ4v) is 4.22.